The Bertz CT molecular complexity index is 555. The number of para-hydroxylation sites is 1. The van der Waals surface area contributed by atoms with Crippen molar-refractivity contribution in [3.8, 4) is 0 Å². The molecule has 0 spiro atoms. The molecule has 0 amide bonds. The monoisotopic (exact) mass is 285 g/mol. The highest BCUT2D eigenvalue weighted by Crippen LogP contribution is 2.22. The second kappa shape index (κ2) is 7.10. The summed E-state index contributed by atoms with van der Waals surface area (Å²) in [6.45, 7) is 5.48. The van der Waals surface area contributed by atoms with Gasteiger partial charge in [-0.15, -0.1) is 0 Å². The molecule has 0 aliphatic carbocycles. The zero-order valence-electron chi connectivity index (χ0n) is 12.9. The molecular weight excluding hydrogens is 260 g/mol. The Morgan fingerprint density at radius 3 is 2.81 bits per heavy atom. The molecule has 2 heterocycles. The first-order valence-electron chi connectivity index (χ1n) is 8.04. The molecule has 3 rings (SSSR count). The number of hydrogen-bond donors (Lipinski definition) is 0. The smallest absolute Gasteiger partial charge is 0.0659 e. The van der Waals surface area contributed by atoms with E-state index >= 15 is 0 Å². The normalized spacial score (nSPS) is 17.6. The second-order valence-electron chi connectivity index (χ2n) is 6.05. The summed E-state index contributed by atoms with van der Waals surface area (Å²) >= 11 is 0. The van der Waals surface area contributed by atoms with Crippen molar-refractivity contribution >= 4 is 10.9 Å². The van der Waals surface area contributed by atoms with E-state index in [-0.39, 0.29) is 0 Å². The lowest BCUT2D eigenvalue weighted by molar-refractivity contribution is 0.117. The topological polar surface area (TPSA) is 17.4 Å². The Morgan fingerprint density at radius 1 is 1.19 bits per heavy atom. The fraction of sp³-hybridized carbons (Fsp3) is 0.556. The molecule has 0 N–H and O–H groups in total. The number of rotatable bonds is 6. The van der Waals surface area contributed by atoms with Gasteiger partial charge in [0.05, 0.1) is 12.8 Å². The van der Waals surface area contributed by atoms with Crippen LogP contribution in [0.1, 0.15) is 19.3 Å². The summed E-state index contributed by atoms with van der Waals surface area (Å²) in [5.41, 5.74) is 1.31. The molecule has 1 aliphatic heterocycles. The molecule has 0 atom stereocenters. The maximum absolute atomic E-state index is 5.16. The van der Waals surface area contributed by atoms with Gasteiger partial charge in [0, 0.05) is 31.1 Å². The summed E-state index contributed by atoms with van der Waals surface area (Å²) in [6, 6.07) is 10.7. The van der Waals surface area contributed by atoms with Crippen molar-refractivity contribution in [1.82, 2.24) is 9.47 Å². The first kappa shape index (κ1) is 14.6. The van der Waals surface area contributed by atoms with Crippen LogP contribution in [0.3, 0.4) is 0 Å². The van der Waals surface area contributed by atoms with Crippen LogP contribution in [-0.2, 0) is 11.3 Å². The van der Waals surface area contributed by atoms with Crippen LogP contribution in [0, 0.1) is 12.1 Å². The fourth-order valence-electron chi connectivity index (χ4n) is 3.29. The zero-order chi connectivity index (χ0) is 14.5. The van der Waals surface area contributed by atoms with Crippen LogP contribution in [0.25, 0.3) is 10.9 Å². The molecule has 1 fully saturated rings. The molecule has 0 saturated carbocycles. The minimum absolute atomic E-state index is 0.856. The second-order valence-corrected chi connectivity index (χ2v) is 6.05. The average molecular weight is 285 g/mol. The first-order valence-corrected chi connectivity index (χ1v) is 8.04. The molecule has 21 heavy (non-hydrogen) atoms. The Hall–Kier alpha value is -1.32. The van der Waals surface area contributed by atoms with Crippen molar-refractivity contribution in [3.05, 3.63) is 36.5 Å². The van der Waals surface area contributed by atoms with Crippen LogP contribution >= 0.6 is 0 Å². The summed E-state index contributed by atoms with van der Waals surface area (Å²) in [5.74, 6) is 0.860. The SMILES string of the molecule is COCCN1CCC(CCn2[c]cc3ccccc32)CC1. The number of aromatic nitrogens is 1. The van der Waals surface area contributed by atoms with Crippen molar-refractivity contribution in [1.29, 1.82) is 0 Å². The van der Waals surface area contributed by atoms with Gasteiger partial charge in [0.1, 0.15) is 0 Å². The molecule has 1 aliphatic rings. The van der Waals surface area contributed by atoms with Gasteiger partial charge < -0.3 is 14.2 Å². The molecule has 1 aromatic heterocycles. The maximum atomic E-state index is 5.16. The number of ether oxygens (including phenoxy) is 1. The third kappa shape index (κ3) is 3.66. The number of methoxy groups -OCH3 is 1. The Kier molecular flexibility index (Phi) is 4.94. The number of piperidine rings is 1. The minimum Gasteiger partial charge on any atom is -0.383 e. The molecule has 2 aromatic rings. The minimum atomic E-state index is 0.856. The van der Waals surface area contributed by atoms with Crippen molar-refractivity contribution in [2.24, 2.45) is 5.92 Å². The molecule has 3 heteroatoms. The number of aryl methyl sites for hydroxylation is 1. The Balaban J connectivity index is 1.48. The van der Waals surface area contributed by atoms with Gasteiger partial charge in [0.2, 0.25) is 0 Å². The average Bonchev–Trinajstić information content (AvgIpc) is 2.95. The quantitative estimate of drug-likeness (QED) is 0.811. The number of benzene rings is 1. The summed E-state index contributed by atoms with van der Waals surface area (Å²) in [7, 11) is 1.78. The molecule has 0 bridgehead atoms. The van der Waals surface area contributed by atoms with Crippen molar-refractivity contribution in [2.45, 2.75) is 25.8 Å². The summed E-state index contributed by atoms with van der Waals surface area (Å²) < 4.78 is 7.44. The van der Waals surface area contributed by atoms with Gasteiger partial charge in [-0.25, -0.2) is 0 Å². The van der Waals surface area contributed by atoms with Crippen LogP contribution in [0.15, 0.2) is 30.3 Å². The number of fused-ring (bicyclic) bond motifs is 1. The fourth-order valence-corrected chi connectivity index (χ4v) is 3.29. The van der Waals surface area contributed by atoms with Gasteiger partial charge in [-0.3, -0.25) is 0 Å². The molecule has 113 valence electrons. The van der Waals surface area contributed by atoms with Crippen LogP contribution in [0.5, 0.6) is 0 Å². The predicted molar refractivity (Wildman–Crippen MR) is 86.4 cm³/mol. The molecular formula is C18H25N2O. The molecule has 1 radical (unpaired) electrons. The highest BCUT2D eigenvalue weighted by Gasteiger charge is 2.18. The molecule has 0 unspecified atom stereocenters. The van der Waals surface area contributed by atoms with Crippen LogP contribution in [-0.4, -0.2) is 42.8 Å². The third-order valence-corrected chi connectivity index (χ3v) is 4.68. The van der Waals surface area contributed by atoms with Crippen LogP contribution in [0.2, 0.25) is 0 Å². The lowest BCUT2D eigenvalue weighted by Crippen LogP contribution is -2.36. The van der Waals surface area contributed by atoms with Gasteiger partial charge in [-0.1, -0.05) is 18.2 Å². The largest absolute Gasteiger partial charge is 0.383 e. The van der Waals surface area contributed by atoms with E-state index in [0.29, 0.717) is 0 Å². The molecule has 1 aromatic carbocycles. The standard InChI is InChI=1S/C18H25N2O/c1-21-15-14-19-10-6-16(7-11-19)8-12-20-13-9-17-4-2-3-5-18(17)20/h2-5,9,16H,6-8,10-12,14-15H2,1H3. The highest BCUT2D eigenvalue weighted by molar-refractivity contribution is 5.79. The van der Waals surface area contributed by atoms with E-state index in [9.17, 15) is 0 Å². The summed E-state index contributed by atoms with van der Waals surface area (Å²) in [5, 5.41) is 1.30. The van der Waals surface area contributed by atoms with E-state index in [4.69, 9.17) is 4.74 Å². The van der Waals surface area contributed by atoms with Crippen molar-refractivity contribution in [2.75, 3.05) is 33.4 Å². The van der Waals surface area contributed by atoms with Crippen LogP contribution < -0.4 is 0 Å². The van der Waals surface area contributed by atoms with Gasteiger partial charge >= 0.3 is 0 Å². The lowest BCUT2D eigenvalue weighted by atomic mass is 9.93. The van der Waals surface area contributed by atoms with E-state index in [1.807, 2.05) is 0 Å². The zero-order valence-corrected chi connectivity index (χ0v) is 12.9. The van der Waals surface area contributed by atoms with E-state index in [2.05, 4.69) is 46.0 Å². The van der Waals surface area contributed by atoms with E-state index < -0.39 is 0 Å². The van der Waals surface area contributed by atoms with Crippen molar-refractivity contribution < 1.29 is 4.74 Å². The highest BCUT2D eigenvalue weighted by atomic mass is 16.5. The number of hydrogen-bond acceptors (Lipinski definition) is 2. The van der Waals surface area contributed by atoms with E-state index in [0.717, 1.165) is 25.6 Å². The third-order valence-electron chi connectivity index (χ3n) is 4.68. The first-order chi connectivity index (χ1) is 10.4. The summed E-state index contributed by atoms with van der Waals surface area (Å²) in [6.07, 6.45) is 7.30. The molecule has 1 saturated heterocycles. The lowest BCUT2D eigenvalue weighted by Gasteiger charge is -2.31. The Morgan fingerprint density at radius 2 is 2.00 bits per heavy atom. The van der Waals surface area contributed by atoms with E-state index in [1.54, 1.807) is 7.11 Å². The van der Waals surface area contributed by atoms with Gasteiger partial charge in [0.15, 0.2) is 0 Å². The van der Waals surface area contributed by atoms with E-state index in [1.165, 1.54) is 43.3 Å². The van der Waals surface area contributed by atoms with Crippen molar-refractivity contribution in [3.63, 3.8) is 0 Å². The number of nitrogens with zero attached hydrogens (tertiary/aromatic N) is 2. The maximum Gasteiger partial charge on any atom is 0.0659 e. The summed E-state index contributed by atoms with van der Waals surface area (Å²) in [4.78, 5) is 2.52. The predicted octanol–water partition coefficient (Wildman–Crippen LogP) is 3.19. The number of likely N-dealkylation sites (tertiary alicyclic amines) is 1. The van der Waals surface area contributed by atoms with Gasteiger partial charge in [0.25, 0.3) is 0 Å². The van der Waals surface area contributed by atoms with Crippen LogP contribution in [0.4, 0.5) is 0 Å². The van der Waals surface area contributed by atoms with Gasteiger partial charge in [-0.05, 0) is 50.4 Å². The molecule has 3 nitrogen and oxygen atoms in total. The van der Waals surface area contributed by atoms with Gasteiger partial charge in [-0.2, -0.15) is 0 Å². The Labute approximate surface area is 127 Å².